The predicted molar refractivity (Wildman–Crippen MR) is 142 cm³/mol. The normalized spacial score (nSPS) is 31.9. The van der Waals surface area contributed by atoms with Crippen molar-refractivity contribution in [3.8, 4) is 0 Å². The minimum absolute atomic E-state index is 0.0795. The van der Waals surface area contributed by atoms with Crippen molar-refractivity contribution in [1.82, 2.24) is 15.1 Å². The summed E-state index contributed by atoms with van der Waals surface area (Å²) in [5.74, 6) is -3.82. The highest BCUT2D eigenvalue weighted by atomic mass is 19.4. The third kappa shape index (κ3) is 4.32. The number of carbonyl (C=O) groups excluding carboxylic acids is 4. The minimum Gasteiger partial charge on any atom is -0.342 e. The van der Waals surface area contributed by atoms with Gasteiger partial charge in [-0.15, -0.1) is 0 Å². The number of piperidine rings is 1. The second kappa shape index (κ2) is 9.03. The SMILES string of the molecule is C=[N+](C)[C@@H]1C[C@@]2(CN1C(=O)[C@H](CC1CC1)NC(=O)[C@@H]1[C@@H]3[C@H](CN1C(=O)C(F)(F)F)C3(C)C)C(=O)Nc1ccccc12. The Balaban J connectivity index is 1.28. The molecule has 4 amide bonds. The van der Waals surface area contributed by atoms with Gasteiger partial charge in [0.25, 0.3) is 0 Å². The molecule has 6 atom stereocenters. The molecule has 5 aliphatic rings. The lowest BCUT2D eigenvalue weighted by Crippen LogP contribution is -2.58. The summed E-state index contributed by atoms with van der Waals surface area (Å²) in [7, 11) is 1.71. The summed E-state index contributed by atoms with van der Waals surface area (Å²) in [6.45, 7) is 7.70. The number of likely N-dealkylation sites (tertiary alicyclic amines) is 2. The summed E-state index contributed by atoms with van der Waals surface area (Å²) >= 11 is 0. The number of halogens is 3. The molecule has 9 nitrogen and oxygen atoms in total. The van der Waals surface area contributed by atoms with E-state index in [1.165, 1.54) is 0 Å². The van der Waals surface area contributed by atoms with Crippen molar-refractivity contribution in [3.63, 3.8) is 0 Å². The Morgan fingerprint density at radius 3 is 2.51 bits per heavy atom. The molecule has 41 heavy (non-hydrogen) atoms. The maximum Gasteiger partial charge on any atom is 0.471 e. The molecule has 3 aliphatic heterocycles. The molecule has 2 saturated carbocycles. The fraction of sp³-hybridized carbons (Fsp3) is 0.621. The standard InChI is InChI=1S/C29H34F3N5O4/c1-27(2)17-13-36(26(41)29(30,31)32)22(21(17)27)23(38)33-19(11-15-9-10-15)24(39)37-14-28(12-20(37)35(3)4)16-7-5-6-8-18(16)34-25(28)40/h5-8,15,17,19-22H,3,9-14H2,1-2,4H3,(H-,33,34,38,40)/p+1/t17-,19-,20-,21-,22-,28-/m0/s1. The number of nitrogens with zero attached hydrogens (tertiary/aromatic N) is 3. The maximum absolute atomic E-state index is 14.2. The highest BCUT2D eigenvalue weighted by Gasteiger charge is 2.71. The number of para-hydroxylation sites is 1. The van der Waals surface area contributed by atoms with E-state index in [1.54, 1.807) is 16.5 Å². The van der Waals surface area contributed by atoms with E-state index in [9.17, 15) is 32.3 Å². The maximum atomic E-state index is 14.2. The van der Waals surface area contributed by atoms with E-state index in [-0.39, 0.29) is 36.2 Å². The topological polar surface area (TPSA) is 102 Å². The average Bonchev–Trinajstić information content (AvgIpc) is 3.60. The Labute approximate surface area is 236 Å². The van der Waals surface area contributed by atoms with Crippen LogP contribution < -0.4 is 10.6 Å². The van der Waals surface area contributed by atoms with Gasteiger partial charge in [-0.1, -0.05) is 44.9 Å². The van der Waals surface area contributed by atoms with Gasteiger partial charge in [0.2, 0.25) is 23.9 Å². The molecule has 1 spiro atoms. The molecule has 0 bridgehead atoms. The number of carbonyl (C=O) groups is 4. The van der Waals surface area contributed by atoms with E-state index in [2.05, 4.69) is 17.4 Å². The third-order valence-electron chi connectivity index (χ3n) is 10.1. The van der Waals surface area contributed by atoms with Gasteiger partial charge < -0.3 is 15.5 Å². The summed E-state index contributed by atoms with van der Waals surface area (Å²) in [6.07, 6.45) is -3.23. The van der Waals surface area contributed by atoms with E-state index in [0.717, 1.165) is 18.4 Å². The van der Waals surface area contributed by atoms with Gasteiger partial charge >= 0.3 is 12.1 Å². The molecule has 2 N–H and O–H groups in total. The zero-order valence-corrected chi connectivity index (χ0v) is 23.3. The van der Waals surface area contributed by atoms with Gasteiger partial charge in [0.05, 0.1) is 6.42 Å². The van der Waals surface area contributed by atoms with Crippen molar-refractivity contribution in [3.05, 3.63) is 29.8 Å². The van der Waals surface area contributed by atoms with Crippen LogP contribution in [0.5, 0.6) is 0 Å². The van der Waals surface area contributed by atoms with Gasteiger partial charge in [-0.2, -0.15) is 13.2 Å². The van der Waals surface area contributed by atoms with Crippen molar-refractivity contribution in [2.45, 2.75) is 69.4 Å². The number of benzene rings is 1. The number of anilines is 1. The van der Waals surface area contributed by atoms with Crippen molar-refractivity contribution in [1.29, 1.82) is 0 Å². The van der Waals surface area contributed by atoms with E-state index in [0.29, 0.717) is 23.4 Å². The third-order valence-corrected chi connectivity index (χ3v) is 10.1. The van der Waals surface area contributed by atoms with Crippen LogP contribution in [0.25, 0.3) is 0 Å². The quantitative estimate of drug-likeness (QED) is 0.402. The molecular formula is C29H35F3N5O4+. The number of rotatable bonds is 6. The van der Waals surface area contributed by atoms with E-state index in [4.69, 9.17) is 0 Å². The smallest absolute Gasteiger partial charge is 0.342 e. The number of hydrogen-bond acceptors (Lipinski definition) is 4. The summed E-state index contributed by atoms with van der Waals surface area (Å²) < 4.78 is 41.9. The molecule has 0 aromatic heterocycles. The van der Waals surface area contributed by atoms with Crippen molar-refractivity contribution in [2.75, 3.05) is 25.5 Å². The van der Waals surface area contributed by atoms with Gasteiger partial charge in [-0.05, 0) is 41.2 Å². The molecule has 3 heterocycles. The highest BCUT2D eigenvalue weighted by Crippen LogP contribution is 2.65. The number of amides is 4. The fourth-order valence-corrected chi connectivity index (χ4v) is 7.56. The van der Waals surface area contributed by atoms with Crippen LogP contribution in [0.4, 0.5) is 18.9 Å². The zero-order valence-electron chi connectivity index (χ0n) is 23.3. The van der Waals surface area contributed by atoms with Crippen LogP contribution in [0.3, 0.4) is 0 Å². The molecule has 1 aromatic rings. The molecule has 2 saturated heterocycles. The molecule has 4 fully saturated rings. The highest BCUT2D eigenvalue weighted by molar-refractivity contribution is 6.07. The Hall–Kier alpha value is -3.44. The first-order valence-corrected chi connectivity index (χ1v) is 14.1. The molecule has 0 unspecified atom stereocenters. The monoisotopic (exact) mass is 574 g/mol. The largest absolute Gasteiger partial charge is 0.471 e. The second-order valence-electron chi connectivity index (χ2n) is 13.1. The molecule has 2 aliphatic carbocycles. The van der Waals surface area contributed by atoms with Crippen molar-refractivity contribution < 1.29 is 36.9 Å². The van der Waals surface area contributed by atoms with E-state index < -0.39 is 53.5 Å². The van der Waals surface area contributed by atoms with Gasteiger partial charge in [0.1, 0.15) is 31.3 Å². The first-order chi connectivity index (χ1) is 19.2. The van der Waals surface area contributed by atoms with E-state index in [1.807, 2.05) is 38.1 Å². The van der Waals surface area contributed by atoms with Crippen LogP contribution >= 0.6 is 0 Å². The average molecular weight is 575 g/mol. The van der Waals surface area contributed by atoms with Crippen molar-refractivity contribution in [2.24, 2.45) is 23.2 Å². The first kappa shape index (κ1) is 27.7. The second-order valence-corrected chi connectivity index (χ2v) is 13.1. The summed E-state index contributed by atoms with van der Waals surface area (Å²) in [4.78, 5) is 55.6. The van der Waals surface area contributed by atoms with Crippen LogP contribution in [0, 0.1) is 23.2 Å². The Morgan fingerprint density at radius 2 is 1.88 bits per heavy atom. The van der Waals surface area contributed by atoms with Crippen LogP contribution in [0.2, 0.25) is 0 Å². The van der Waals surface area contributed by atoms with Crippen LogP contribution in [0.1, 0.15) is 45.1 Å². The van der Waals surface area contributed by atoms with Crippen LogP contribution in [-0.4, -0.2) is 89.3 Å². The number of fused-ring (bicyclic) bond motifs is 3. The number of nitrogens with one attached hydrogen (secondary N) is 2. The van der Waals surface area contributed by atoms with Gasteiger partial charge in [0.15, 0.2) is 0 Å². The van der Waals surface area contributed by atoms with Crippen LogP contribution in [0.15, 0.2) is 24.3 Å². The predicted octanol–water partition coefficient (Wildman–Crippen LogP) is 2.11. The Bertz CT molecular complexity index is 1360. The molecule has 1 aromatic carbocycles. The minimum atomic E-state index is -5.10. The Morgan fingerprint density at radius 1 is 1.20 bits per heavy atom. The van der Waals surface area contributed by atoms with Gasteiger partial charge in [0, 0.05) is 18.8 Å². The van der Waals surface area contributed by atoms with E-state index >= 15 is 0 Å². The summed E-state index contributed by atoms with van der Waals surface area (Å²) in [5.41, 5.74) is 0.123. The fourth-order valence-electron chi connectivity index (χ4n) is 7.56. The molecule has 6 rings (SSSR count). The number of hydrogen-bond donors (Lipinski definition) is 2. The summed E-state index contributed by atoms with van der Waals surface area (Å²) in [5, 5.41) is 5.70. The van der Waals surface area contributed by atoms with Gasteiger partial charge in [-0.25, -0.2) is 4.58 Å². The van der Waals surface area contributed by atoms with Gasteiger partial charge in [-0.3, -0.25) is 24.1 Å². The van der Waals surface area contributed by atoms with Crippen molar-refractivity contribution >= 4 is 36.0 Å². The molecule has 220 valence electrons. The zero-order chi connectivity index (χ0) is 29.6. The lowest BCUT2D eigenvalue weighted by atomic mass is 9.80. The molecule has 0 radical (unpaired) electrons. The number of alkyl halides is 3. The Kier molecular flexibility index (Phi) is 6.10. The summed E-state index contributed by atoms with van der Waals surface area (Å²) in [6, 6.07) is 5.04. The molecular weight excluding hydrogens is 539 g/mol. The molecule has 12 heteroatoms. The lowest BCUT2D eigenvalue weighted by molar-refractivity contribution is -0.549. The first-order valence-electron chi connectivity index (χ1n) is 14.1. The van der Waals surface area contributed by atoms with Crippen LogP contribution in [-0.2, 0) is 24.6 Å². The lowest BCUT2D eigenvalue weighted by Gasteiger charge is -2.32.